The number of pyridine rings is 2. The number of benzene rings is 1. The molecule has 0 bridgehead atoms. The van der Waals surface area contributed by atoms with Gasteiger partial charge in [0, 0.05) is 28.7 Å². The van der Waals surface area contributed by atoms with E-state index in [1.807, 2.05) is 37.3 Å². The molecule has 0 saturated heterocycles. The van der Waals surface area contributed by atoms with E-state index >= 15 is 0 Å². The van der Waals surface area contributed by atoms with E-state index in [-0.39, 0.29) is 5.82 Å². The van der Waals surface area contributed by atoms with Gasteiger partial charge in [-0.25, -0.2) is 19.3 Å². The van der Waals surface area contributed by atoms with Crippen molar-refractivity contribution in [3.63, 3.8) is 0 Å². The summed E-state index contributed by atoms with van der Waals surface area (Å²) in [6.45, 7) is 10.3. The minimum Gasteiger partial charge on any atom is -0.359 e. The zero-order valence-corrected chi connectivity index (χ0v) is 23.0. The van der Waals surface area contributed by atoms with Crippen molar-refractivity contribution < 1.29 is 4.39 Å². The number of nitrogens with one attached hydrogen (secondary N) is 3. The number of hydrogen-bond acceptors (Lipinski definition) is 5. The highest BCUT2D eigenvalue weighted by atomic mass is 19.1. The van der Waals surface area contributed by atoms with Crippen LogP contribution in [-0.2, 0) is 0 Å². The van der Waals surface area contributed by atoms with Gasteiger partial charge in [0.15, 0.2) is 17.2 Å². The summed E-state index contributed by atoms with van der Waals surface area (Å²) in [6, 6.07) is 12.4. The summed E-state index contributed by atoms with van der Waals surface area (Å²) in [6.07, 6.45) is 13.7. The predicted octanol–water partition coefficient (Wildman–Crippen LogP) is 7.86. The summed E-state index contributed by atoms with van der Waals surface area (Å²) in [4.78, 5) is 17.4. The van der Waals surface area contributed by atoms with Crippen LogP contribution in [0.1, 0.15) is 44.7 Å². The minimum atomic E-state index is -0.310. The molecule has 0 radical (unpaired) electrons. The number of imidazole rings is 1. The molecule has 1 saturated carbocycles. The Balaban J connectivity index is 1.34. The molecular weight excluding hydrogens is 513 g/mol. The van der Waals surface area contributed by atoms with E-state index in [0.717, 1.165) is 28.2 Å². The zero-order valence-electron chi connectivity index (χ0n) is 23.0. The predicted molar refractivity (Wildman–Crippen MR) is 163 cm³/mol. The third-order valence-electron chi connectivity index (χ3n) is 7.73. The molecule has 1 aliphatic carbocycles. The smallest absolute Gasteiger partial charge is 0.178 e. The third kappa shape index (κ3) is 5.20. The van der Waals surface area contributed by atoms with Crippen molar-refractivity contribution in [1.29, 1.82) is 0 Å². The van der Waals surface area contributed by atoms with Crippen molar-refractivity contribution in [3.8, 4) is 22.6 Å². The number of halogens is 1. The molecule has 0 aliphatic heterocycles. The van der Waals surface area contributed by atoms with Crippen molar-refractivity contribution in [2.24, 2.45) is 5.92 Å². The average Bonchev–Trinajstić information content (AvgIpc) is 3.63. The number of nitrogens with zero attached hydrogens (tertiary/aromatic N) is 4. The maximum atomic E-state index is 14.6. The highest BCUT2D eigenvalue weighted by Gasteiger charge is 2.19. The van der Waals surface area contributed by atoms with Crippen LogP contribution in [0.15, 0.2) is 91.4 Å². The van der Waals surface area contributed by atoms with Gasteiger partial charge in [0.25, 0.3) is 0 Å². The number of H-pyrrole nitrogens is 2. The standard InChI is InChI=1S/C33H32FN7/c1-4-21(19-23(5-2)36-20(3)22-11-7-6-8-12-22)27-15-16-28-30(37-27)31(41-40-28)33-38-29-25(17-18-35-32(29)39-33)24-13-9-10-14-26(24)34/h4-5,9-10,13-19,22,36H,2-3,6-8,11-12H2,1H3,(H,40,41)(H,35,38,39)/b21-4+,23-19+. The molecule has 5 aromatic rings. The molecule has 8 heteroatoms. The quantitative estimate of drug-likeness (QED) is 0.173. The van der Waals surface area contributed by atoms with E-state index in [9.17, 15) is 4.39 Å². The molecule has 1 aromatic carbocycles. The van der Waals surface area contributed by atoms with Gasteiger partial charge in [-0.3, -0.25) is 5.10 Å². The second kappa shape index (κ2) is 11.3. The lowest BCUT2D eigenvalue weighted by Crippen LogP contribution is -2.20. The van der Waals surface area contributed by atoms with E-state index < -0.39 is 0 Å². The molecule has 3 N–H and O–H groups in total. The van der Waals surface area contributed by atoms with Gasteiger partial charge in [-0.2, -0.15) is 5.10 Å². The van der Waals surface area contributed by atoms with Gasteiger partial charge >= 0.3 is 0 Å². The number of aromatic amines is 2. The maximum absolute atomic E-state index is 14.6. The number of rotatable bonds is 8. The molecule has 206 valence electrons. The summed E-state index contributed by atoms with van der Waals surface area (Å²) < 4.78 is 14.6. The molecule has 1 fully saturated rings. The Morgan fingerprint density at radius 2 is 1.88 bits per heavy atom. The zero-order chi connectivity index (χ0) is 28.3. The molecule has 1 aliphatic rings. The van der Waals surface area contributed by atoms with Gasteiger partial charge < -0.3 is 10.3 Å². The van der Waals surface area contributed by atoms with Crippen LogP contribution in [-0.4, -0.2) is 30.1 Å². The molecule has 0 spiro atoms. The maximum Gasteiger partial charge on any atom is 0.178 e. The molecule has 0 unspecified atom stereocenters. The minimum absolute atomic E-state index is 0.310. The SMILES string of the molecule is C=C/C(=C\C(=C/C)c1ccc2[nH]nc(-c3nc4nccc(-c5ccccc5F)c4[nH]3)c2n1)NC(=C)C1CCCCC1. The topological polar surface area (TPSA) is 95.2 Å². The summed E-state index contributed by atoms with van der Waals surface area (Å²) in [5.41, 5.74) is 7.92. The van der Waals surface area contributed by atoms with Gasteiger partial charge in [0.05, 0.1) is 16.7 Å². The van der Waals surface area contributed by atoms with Crippen LogP contribution in [0.2, 0.25) is 0 Å². The fourth-order valence-electron chi connectivity index (χ4n) is 5.51. The molecule has 0 amide bonds. The molecule has 4 heterocycles. The summed E-state index contributed by atoms with van der Waals surface area (Å²) in [5.74, 6) is 0.679. The monoisotopic (exact) mass is 545 g/mol. The first kappa shape index (κ1) is 26.4. The second-order valence-electron chi connectivity index (χ2n) is 10.3. The van der Waals surface area contributed by atoms with E-state index in [2.05, 4.69) is 43.6 Å². The van der Waals surface area contributed by atoms with E-state index in [0.29, 0.717) is 45.2 Å². The van der Waals surface area contributed by atoms with E-state index in [1.54, 1.807) is 30.5 Å². The molecule has 41 heavy (non-hydrogen) atoms. The Kier molecular flexibility index (Phi) is 7.29. The van der Waals surface area contributed by atoms with Crippen LogP contribution in [0.5, 0.6) is 0 Å². The normalized spacial score (nSPS) is 15.0. The average molecular weight is 546 g/mol. The first-order chi connectivity index (χ1) is 20.1. The lowest BCUT2D eigenvalue weighted by Gasteiger charge is -2.25. The molecular formula is C33H32FN7. The molecule has 0 atom stereocenters. The molecule has 7 nitrogen and oxygen atoms in total. The first-order valence-electron chi connectivity index (χ1n) is 14.0. The molecule has 4 aromatic heterocycles. The number of fused-ring (bicyclic) bond motifs is 2. The highest BCUT2D eigenvalue weighted by Crippen LogP contribution is 2.32. The van der Waals surface area contributed by atoms with Crippen molar-refractivity contribution in [2.75, 3.05) is 0 Å². The third-order valence-corrected chi connectivity index (χ3v) is 7.73. The Morgan fingerprint density at radius 1 is 1.05 bits per heavy atom. The Bertz CT molecular complexity index is 1820. The van der Waals surface area contributed by atoms with Gasteiger partial charge in [-0.05, 0) is 67.7 Å². The fraction of sp³-hybridized carbons (Fsp3) is 0.212. The Morgan fingerprint density at radius 3 is 2.66 bits per heavy atom. The van der Waals surface area contributed by atoms with Gasteiger partial charge in [0.2, 0.25) is 0 Å². The largest absolute Gasteiger partial charge is 0.359 e. The van der Waals surface area contributed by atoms with Crippen molar-refractivity contribution in [3.05, 3.63) is 103 Å². The van der Waals surface area contributed by atoms with Crippen LogP contribution < -0.4 is 5.32 Å². The van der Waals surface area contributed by atoms with Crippen LogP contribution in [0.3, 0.4) is 0 Å². The van der Waals surface area contributed by atoms with Crippen molar-refractivity contribution >= 4 is 27.8 Å². The fourth-order valence-corrected chi connectivity index (χ4v) is 5.51. The highest BCUT2D eigenvalue weighted by molar-refractivity contribution is 5.95. The van der Waals surface area contributed by atoms with Crippen LogP contribution in [0.4, 0.5) is 4.39 Å². The lowest BCUT2D eigenvalue weighted by atomic mass is 9.87. The molecule has 6 rings (SSSR count). The Labute approximate surface area is 238 Å². The number of allylic oxidation sites excluding steroid dienone is 5. The van der Waals surface area contributed by atoms with Crippen molar-refractivity contribution in [2.45, 2.75) is 39.0 Å². The van der Waals surface area contributed by atoms with E-state index in [4.69, 9.17) is 4.98 Å². The van der Waals surface area contributed by atoms with Gasteiger partial charge in [0.1, 0.15) is 11.3 Å². The number of hydrogen-bond donors (Lipinski definition) is 3. The number of aromatic nitrogens is 6. The van der Waals surface area contributed by atoms with Crippen molar-refractivity contribution in [1.82, 2.24) is 35.5 Å². The van der Waals surface area contributed by atoms with Gasteiger partial charge in [-0.1, -0.05) is 56.7 Å². The van der Waals surface area contributed by atoms with Crippen LogP contribution in [0.25, 0.3) is 50.4 Å². The van der Waals surface area contributed by atoms with Crippen LogP contribution >= 0.6 is 0 Å². The van der Waals surface area contributed by atoms with E-state index in [1.165, 1.54) is 38.2 Å². The van der Waals surface area contributed by atoms with Gasteiger partial charge in [-0.15, -0.1) is 0 Å². The first-order valence-corrected chi connectivity index (χ1v) is 14.0. The lowest BCUT2D eigenvalue weighted by molar-refractivity contribution is 0.393. The Hall–Kier alpha value is -4.85. The summed E-state index contributed by atoms with van der Waals surface area (Å²) in [7, 11) is 0. The summed E-state index contributed by atoms with van der Waals surface area (Å²) >= 11 is 0. The summed E-state index contributed by atoms with van der Waals surface area (Å²) in [5, 5.41) is 11.1. The van der Waals surface area contributed by atoms with Crippen LogP contribution in [0, 0.1) is 11.7 Å². The second-order valence-corrected chi connectivity index (χ2v) is 10.3.